The molecule has 0 radical (unpaired) electrons. The van der Waals surface area contributed by atoms with Crippen LogP contribution in [0.3, 0.4) is 0 Å². The molecule has 4 heteroatoms. The van der Waals surface area contributed by atoms with Crippen LogP contribution in [0.1, 0.15) is 24.4 Å². The summed E-state index contributed by atoms with van der Waals surface area (Å²) in [5.41, 5.74) is 5.43. The van der Waals surface area contributed by atoms with Crippen LogP contribution < -0.4 is 5.73 Å². The molecule has 1 heterocycles. The summed E-state index contributed by atoms with van der Waals surface area (Å²) in [6.07, 6.45) is 1.49. The highest BCUT2D eigenvalue weighted by Gasteiger charge is 2.19. The molecule has 0 spiro atoms. The van der Waals surface area contributed by atoms with Crippen LogP contribution in [0.4, 0.5) is 0 Å². The van der Waals surface area contributed by atoms with E-state index in [4.69, 9.17) is 10.2 Å². The molecule has 4 nitrogen and oxygen atoms in total. The third-order valence-electron chi connectivity index (χ3n) is 1.99. The van der Waals surface area contributed by atoms with Gasteiger partial charge in [0.1, 0.15) is 0 Å². The second-order valence-corrected chi connectivity index (χ2v) is 3.36. The van der Waals surface area contributed by atoms with Crippen molar-refractivity contribution in [1.29, 1.82) is 0 Å². The van der Waals surface area contributed by atoms with E-state index in [1.165, 1.54) is 6.26 Å². The Kier molecular flexibility index (Phi) is 3.71. The molecular weight excluding hydrogens is 180 g/mol. The van der Waals surface area contributed by atoms with Crippen LogP contribution in [0.5, 0.6) is 0 Å². The minimum atomic E-state index is -0.101. The van der Waals surface area contributed by atoms with Crippen molar-refractivity contribution in [1.82, 2.24) is 4.90 Å². The van der Waals surface area contributed by atoms with Gasteiger partial charge in [-0.1, -0.05) is 0 Å². The number of rotatable bonds is 4. The summed E-state index contributed by atoms with van der Waals surface area (Å²) < 4.78 is 5.04. The zero-order valence-corrected chi connectivity index (χ0v) is 8.56. The molecule has 78 valence electrons. The summed E-state index contributed by atoms with van der Waals surface area (Å²) in [7, 11) is 0. The Labute approximate surface area is 83.7 Å². The lowest BCUT2D eigenvalue weighted by atomic mass is 10.3. The Balaban J connectivity index is 2.74. The number of carbonyl (C=O) groups excluding carboxylic acids is 1. The van der Waals surface area contributed by atoms with Crippen LogP contribution in [0.2, 0.25) is 0 Å². The fraction of sp³-hybridized carbons (Fsp3) is 0.500. The Morgan fingerprint density at radius 2 is 2.36 bits per heavy atom. The van der Waals surface area contributed by atoms with Gasteiger partial charge in [-0.05, 0) is 26.0 Å². The van der Waals surface area contributed by atoms with Crippen molar-refractivity contribution in [3.8, 4) is 0 Å². The zero-order chi connectivity index (χ0) is 10.6. The number of nitrogens with zero attached hydrogens (tertiary/aromatic N) is 1. The Morgan fingerprint density at radius 1 is 1.64 bits per heavy atom. The van der Waals surface area contributed by atoms with Crippen LogP contribution in [-0.4, -0.2) is 29.9 Å². The maximum Gasteiger partial charge on any atom is 0.289 e. The van der Waals surface area contributed by atoms with Gasteiger partial charge in [0.2, 0.25) is 0 Å². The van der Waals surface area contributed by atoms with E-state index in [0.29, 0.717) is 18.8 Å². The summed E-state index contributed by atoms with van der Waals surface area (Å²) in [6.45, 7) is 4.93. The number of furan rings is 1. The number of amides is 1. The molecule has 0 aliphatic heterocycles. The van der Waals surface area contributed by atoms with E-state index in [0.717, 1.165) is 0 Å². The lowest BCUT2D eigenvalue weighted by Gasteiger charge is -2.24. The van der Waals surface area contributed by atoms with E-state index in [9.17, 15) is 4.79 Å². The number of carbonyl (C=O) groups is 1. The van der Waals surface area contributed by atoms with Crippen LogP contribution in [0.25, 0.3) is 0 Å². The zero-order valence-electron chi connectivity index (χ0n) is 8.56. The fourth-order valence-electron chi connectivity index (χ4n) is 1.28. The van der Waals surface area contributed by atoms with Gasteiger partial charge in [0, 0.05) is 19.1 Å². The largest absolute Gasteiger partial charge is 0.459 e. The van der Waals surface area contributed by atoms with Gasteiger partial charge >= 0.3 is 0 Å². The van der Waals surface area contributed by atoms with E-state index in [1.807, 2.05) is 13.8 Å². The monoisotopic (exact) mass is 196 g/mol. The first-order valence-electron chi connectivity index (χ1n) is 4.71. The lowest BCUT2D eigenvalue weighted by molar-refractivity contribution is 0.0679. The molecule has 0 atom stereocenters. The molecule has 0 aliphatic carbocycles. The van der Waals surface area contributed by atoms with E-state index in [1.54, 1.807) is 17.0 Å². The fourth-order valence-corrected chi connectivity index (χ4v) is 1.28. The normalized spacial score (nSPS) is 10.6. The predicted molar refractivity (Wildman–Crippen MR) is 53.9 cm³/mol. The smallest absolute Gasteiger partial charge is 0.289 e. The van der Waals surface area contributed by atoms with Crippen molar-refractivity contribution in [2.45, 2.75) is 19.9 Å². The van der Waals surface area contributed by atoms with Gasteiger partial charge in [-0.2, -0.15) is 0 Å². The Morgan fingerprint density at radius 3 is 2.79 bits per heavy atom. The molecule has 2 N–H and O–H groups in total. The van der Waals surface area contributed by atoms with Gasteiger partial charge < -0.3 is 15.1 Å². The third kappa shape index (κ3) is 2.35. The highest BCUT2D eigenvalue weighted by molar-refractivity contribution is 5.91. The quantitative estimate of drug-likeness (QED) is 0.784. The Hall–Kier alpha value is -1.29. The van der Waals surface area contributed by atoms with E-state index in [-0.39, 0.29) is 11.9 Å². The summed E-state index contributed by atoms with van der Waals surface area (Å²) in [5.74, 6) is 0.266. The molecule has 1 aromatic heterocycles. The highest BCUT2D eigenvalue weighted by Crippen LogP contribution is 2.08. The molecule has 1 aromatic rings. The minimum Gasteiger partial charge on any atom is -0.459 e. The standard InChI is InChI=1S/C10H16N2O2/c1-8(2)12(6-5-11)10(13)9-4-3-7-14-9/h3-4,7-8H,5-6,11H2,1-2H3. The van der Waals surface area contributed by atoms with Crippen molar-refractivity contribution in [2.75, 3.05) is 13.1 Å². The first kappa shape index (κ1) is 10.8. The van der Waals surface area contributed by atoms with Gasteiger partial charge in [-0.15, -0.1) is 0 Å². The molecular formula is C10H16N2O2. The predicted octanol–water partition coefficient (Wildman–Crippen LogP) is 1.09. The van der Waals surface area contributed by atoms with Crippen LogP contribution in [0, 0.1) is 0 Å². The molecule has 0 fully saturated rings. The molecule has 1 rings (SSSR count). The molecule has 0 unspecified atom stereocenters. The number of hydrogen-bond donors (Lipinski definition) is 1. The van der Waals surface area contributed by atoms with Crippen molar-refractivity contribution in [2.24, 2.45) is 5.73 Å². The van der Waals surface area contributed by atoms with Crippen molar-refractivity contribution in [3.05, 3.63) is 24.2 Å². The number of hydrogen-bond acceptors (Lipinski definition) is 3. The molecule has 0 bridgehead atoms. The highest BCUT2D eigenvalue weighted by atomic mass is 16.3. The summed E-state index contributed by atoms with van der Waals surface area (Å²) >= 11 is 0. The summed E-state index contributed by atoms with van der Waals surface area (Å²) in [6, 6.07) is 3.50. The van der Waals surface area contributed by atoms with E-state index in [2.05, 4.69) is 0 Å². The van der Waals surface area contributed by atoms with Gasteiger partial charge in [0.25, 0.3) is 5.91 Å². The van der Waals surface area contributed by atoms with Crippen molar-refractivity contribution < 1.29 is 9.21 Å². The van der Waals surface area contributed by atoms with E-state index >= 15 is 0 Å². The molecule has 0 aromatic carbocycles. The topological polar surface area (TPSA) is 59.5 Å². The van der Waals surface area contributed by atoms with Gasteiger partial charge in [0.15, 0.2) is 5.76 Å². The lowest BCUT2D eigenvalue weighted by Crippen LogP contribution is -2.40. The molecule has 1 amide bonds. The first-order valence-corrected chi connectivity index (χ1v) is 4.71. The van der Waals surface area contributed by atoms with Crippen molar-refractivity contribution in [3.63, 3.8) is 0 Å². The third-order valence-corrected chi connectivity index (χ3v) is 1.99. The van der Waals surface area contributed by atoms with Gasteiger partial charge in [0.05, 0.1) is 6.26 Å². The van der Waals surface area contributed by atoms with Gasteiger partial charge in [-0.25, -0.2) is 0 Å². The maximum atomic E-state index is 11.8. The Bertz CT molecular complexity index is 280. The average Bonchev–Trinajstić information content (AvgIpc) is 2.65. The average molecular weight is 196 g/mol. The molecule has 0 saturated carbocycles. The second kappa shape index (κ2) is 4.81. The van der Waals surface area contributed by atoms with Crippen LogP contribution in [-0.2, 0) is 0 Å². The van der Waals surface area contributed by atoms with E-state index < -0.39 is 0 Å². The summed E-state index contributed by atoms with van der Waals surface area (Å²) in [4.78, 5) is 13.5. The van der Waals surface area contributed by atoms with Gasteiger partial charge in [-0.3, -0.25) is 4.79 Å². The molecule has 0 aliphatic rings. The SMILES string of the molecule is CC(C)N(CCN)C(=O)c1ccco1. The maximum absolute atomic E-state index is 11.8. The summed E-state index contributed by atoms with van der Waals surface area (Å²) in [5, 5.41) is 0. The number of nitrogens with two attached hydrogens (primary N) is 1. The molecule has 14 heavy (non-hydrogen) atoms. The van der Waals surface area contributed by atoms with Crippen LogP contribution in [0.15, 0.2) is 22.8 Å². The molecule has 0 saturated heterocycles. The second-order valence-electron chi connectivity index (χ2n) is 3.36. The first-order chi connectivity index (χ1) is 6.66. The van der Waals surface area contributed by atoms with Crippen LogP contribution >= 0.6 is 0 Å². The van der Waals surface area contributed by atoms with Crippen molar-refractivity contribution >= 4 is 5.91 Å². The minimum absolute atomic E-state index is 0.101.